The Bertz CT molecular complexity index is 961. The molecule has 2 aliphatic rings. The van der Waals surface area contributed by atoms with Gasteiger partial charge in [0, 0.05) is 37.7 Å². The number of hydrogen-bond donors (Lipinski definition) is 1. The number of likely N-dealkylation sites (tertiary alicyclic amines) is 2. The van der Waals surface area contributed by atoms with Crippen LogP contribution in [0.2, 0.25) is 0 Å². The minimum atomic E-state index is -0.948. The van der Waals surface area contributed by atoms with Crippen molar-refractivity contribution in [2.45, 2.75) is 24.8 Å². The number of tetrazole rings is 1. The maximum Gasteiger partial charge on any atom is 0.309 e. The molecule has 10 nitrogen and oxygen atoms in total. The van der Waals surface area contributed by atoms with Gasteiger partial charge < -0.3 is 14.9 Å². The number of nitrogens with zero attached hydrogens (tertiary/aromatic N) is 6. The lowest BCUT2D eigenvalue weighted by molar-refractivity contribution is -0.145. The van der Waals surface area contributed by atoms with Gasteiger partial charge in [-0.1, -0.05) is 12.1 Å². The van der Waals surface area contributed by atoms with Crippen molar-refractivity contribution in [2.24, 2.45) is 13.0 Å². The molecule has 1 aromatic heterocycles. The van der Waals surface area contributed by atoms with Crippen LogP contribution < -0.4 is 0 Å². The zero-order valence-electron chi connectivity index (χ0n) is 16.3. The molecule has 2 fully saturated rings. The standard InChI is InChI=1S/C19H22N6O4/c1-23-15(26)11-14(18(28)29)19(23)7-9-25(10-8-19)17(27)13-5-3-12(4-6-13)16-20-22-24(2)21-16/h3-6,14H,7-11H2,1-2H3,(H,28,29)/t14-/m1/s1. The van der Waals surface area contributed by atoms with Crippen LogP contribution in [-0.2, 0) is 16.6 Å². The smallest absolute Gasteiger partial charge is 0.309 e. The highest BCUT2D eigenvalue weighted by Gasteiger charge is 2.55. The third-order valence-corrected chi connectivity index (χ3v) is 6.18. The van der Waals surface area contributed by atoms with Gasteiger partial charge in [-0.2, -0.15) is 4.80 Å². The fraction of sp³-hybridized carbons (Fsp3) is 0.474. The number of carboxylic acids is 1. The van der Waals surface area contributed by atoms with E-state index in [1.165, 1.54) is 4.80 Å². The monoisotopic (exact) mass is 398 g/mol. The molecular formula is C19H22N6O4. The normalized spacial score (nSPS) is 21.0. The summed E-state index contributed by atoms with van der Waals surface area (Å²) in [5.41, 5.74) is 0.600. The molecule has 152 valence electrons. The molecule has 3 heterocycles. The molecule has 0 radical (unpaired) electrons. The Morgan fingerprint density at radius 2 is 1.79 bits per heavy atom. The zero-order valence-corrected chi connectivity index (χ0v) is 16.3. The Morgan fingerprint density at radius 1 is 1.14 bits per heavy atom. The number of aromatic nitrogens is 4. The quantitative estimate of drug-likeness (QED) is 0.795. The molecule has 10 heteroatoms. The first kappa shape index (κ1) is 19.0. The molecule has 2 aliphatic heterocycles. The Balaban J connectivity index is 1.46. The Hall–Kier alpha value is -3.30. The molecule has 29 heavy (non-hydrogen) atoms. The highest BCUT2D eigenvalue weighted by molar-refractivity contribution is 5.95. The number of carbonyl (C=O) groups excluding carboxylic acids is 2. The summed E-state index contributed by atoms with van der Waals surface area (Å²) < 4.78 is 0. The number of benzene rings is 1. The van der Waals surface area contributed by atoms with Gasteiger partial charge in [0.05, 0.1) is 18.5 Å². The predicted molar refractivity (Wildman–Crippen MR) is 101 cm³/mol. The fourth-order valence-electron chi connectivity index (χ4n) is 4.43. The van der Waals surface area contributed by atoms with Crippen LogP contribution in [0.25, 0.3) is 11.4 Å². The van der Waals surface area contributed by atoms with E-state index in [1.54, 1.807) is 48.2 Å². The second-order valence-corrected chi connectivity index (χ2v) is 7.62. The van der Waals surface area contributed by atoms with Gasteiger partial charge in [0.25, 0.3) is 5.91 Å². The first-order chi connectivity index (χ1) is 13.8. The largest absolute Gasteiger partial charge is 0.481 e. The molecule has 1 spiro atoms. The summed E-state index contributed by atoms with van der Waals surface area (Å²) in [6.45, 7) is 0.821. The SMILES string of the molecule is CN1C(=O)C[C@H](C(=O)O)C12CCN(C(=O)c1ccc(-c3nnn(C)n3)cc1)CC2. The topological polar surface area (TPSA) is 122 Å². The number of aliphatic carboxylic acids is 1. The summed E-state index contributed by atoms with van der Waals surface area (Å²) in [4.78, 5) is 41.4. The molecule has 1 N–H and O–H groups in total. The molecule has 4 rings (SSSR count). The van der Waals surface area contributed by atoms with Gasteiger partial charge in [0.1, 0.15) is 0 Å². The molecule has 2 saturated heterocycles. The van der Waals surface area contributed by atoms with E-state index < -0.39 is 17.4 Å². The van der Waals surface area contributed by atoms with E-state index in [0.717, 1.165) is 5.56 Å². The van der Waals surface area contributed by atoms with Crippen molar-refractivity contribution in [3.63, 3.8) is 0 Å². The van der Waals surface area contributed by atoms with E-state index in [-0.39, 0.29) is 18.2 Å². The molecule has 2 amide bonds. The first-order valence-corrected chi connectivity index (χ1v) is 9.45. The fourth-order valence-corrected chi connectivity index (χ4v) is 4.43. The van der Waals surface area contributed by atoms with Crippen molar-refractivity contribution in [3.05, 3.63) is 29.8 Å². The second-order valence-electron chi connectivity index (χ2n) is 7.62. The number of carboxylic acid groups (broad SMARTS) is 1. The molecule has 0 unspecified atom stereocenters. The van der Waals surface area contributed by atoms with E-state index in [9.17, 15) is 19.5 Å². The summed E-state index contributed by atoms with van der Waals surface area (Å²) in [6, 6.07) is 7.01. The van der Waals surface area contributed by atoms with Crippen molar-refractivity contribution in [3.8, 4) is 11.4 Å². The summed E-state index contributed by atoms with van der Waals surface area (Å²) in [6.07, 6.45) is 0.941. The van der Waals surface area contributed by atoms with Crippen molar-refractivity contribution in [2.75, 3.05) is 20.1 Å². The number of aryl methyl sites for hydroxylation is 1. The van der Waals surface area contributed by atoms with Crippen LogP contribution in [0.4, 0.5) is 0 Å². The minimum Gasteiger partial charge on any atom is -0.481 e. The van der Waals surface area contributed by atoms with Crippen molar-refractivity contribution < 1.29 is 19.5 Å². The van der Waals surface area contributed by atoms with Crippen LogP contribution >= 0.6 is 0 Å². The van der Waals surface area contributed by atoms with Crippen LogP contribution in [-0.4, -0.2) is 78.6 Å². The summed E-state index contributed by atoms with van der Waals surface area (Å²) in [5.74, 6) is -1.45. The van der Waals surface area contributed by atoms with Gasteiger partial charge in [-0.25, -0.2) is 0 Å². The molecule has 0 bridgehead atoms. The van der Waals surface area contributed by atoms with E-state index >= 15 is 0 Å². The van der Waals surface area contributed by atoms with Gasteiger partial charge in [0.15, 0.2) is 0 Å². The second kappa shape index (κ2) is 6.94. The van der Waals surface area contributed by atoms with Crippen molar-refractivity contribution in [1.29, 1.82) is 0 Å². The predicted octanol–water partition coefficient (Wildman–Crippen LogP) is 0.415. The van der Waals surface area contributed by atoms with Crippen molar-refractivity contribution in [1.82, 2.24) is 30.0 Å². The van der Waals surface area contributed by atoms with E-state index in [1.807, 2.05) is 0 Å². The molecule has 0 aliphatic carbocycles. The van der Waals surface area contributed by atoms with E-state index in [2.05, 4.69) is 15.4 Å². The molecule has 0 saturated carbocycles. The summed E-state index contributed by atoms with van der Waals surface area (Å²) >= 11 is 0. The van der Waals surface area contributed by atoms with Crippen molar-refractivity contribution >= 4 is 17.8 Å². The minimum absolute atomic E-state index is 0.0255. The molecule has 2 aromatic rings. The third kappa shape index (κ3) is 3.14. The average molecular weight is 398 g/mol. The number of rotatable bonds is 3. The number of carbonyl (C=O) groups is 3. The van der Waals surface area contributed by atoms with Crippen LogP contribution in [0, 0.1) is 5.92 Å². The molecule has 1 aromatic carbocycles. The van der Waals surface area contributed by atoms with Crippen LogP contribution in [0.1, 0.15) is 29.6 Å². The van der Waals surface area contributed by atoms with E-state index in [4.69, 9.17) is 0 Å². The lowest BCUT2D eigenvalue weighted by atomic mass is 9.77. The first-order valence-electron chi connectivity index (χ1n) is 9.45. The average Bonchev–Trinajstić information content (AvgIpc) is 3.26. The number of amides is 2. The van der Waals surface area contributed by atoms with Crippen LogP contribution in [0.5, 0.6) is 0 Å². The Labute approximate surface area is 167 Å². The Morgan fingerprint density at radius 3 is 2.34 bits per heavy atom. The van der Waals surface area contributed by atoms with Crippen LogP contribution in [0.15, 0.2) is 24.3 Å². The van der Waals surface area contributed by atoms with Gasteiger partial charge in [-0.3, -0.25) is 14.4 Å². The highest BCUT2D eigenvalue weighted by atomic mass is 16.4. The lowest BCUT2D eigenvalue weighted by Gasteiger charge is -2.45. The van der Waals surface area contributed by atoms with Gasteiger partial charge in [-0.05, 0) is 30.2 Å². The summed E-state index contributed by atoms with van der Waals surface area (Å²) in [5, 5.41) is 21.5. The number of hydrogen-bond acceptors (Lipinski definition) is 6. The van der Waals surface area contributed by atoms with E-state index in [0.29, 0.717) is 37.3 Å². The van der Waals surface area contributed by atoms with Gasteiger partial charge in [-0.15, -0.1) is 10.2 Å². The lowest BCUT2D eigenvalue weighted by Crippen LogP contribution is -2.56. The Kier molecular flexibility index (Phi) is 4.56. The maximum absolute atomic E-state index is 12.9. The molecule has 1 atom stereocenters. The number of piperidine rings is 1. The van der Waals surface area contributed by atoms with Crippen LogP contribution in [0.3, 0.4) is 0 Å². The van der Waals surface area contributed by atoms with Gasteiger partial charge >= 0.3 is 5.97 Å². The summed E-state index contributed by atoms with van der Waals surface area (Å²) in [7, 11) is 3.35. The third-order valence-electron chi connectivity index (χ3n) is 6.18. The van der Waals surface area contributed by atoms with Gasteiger partial charge in [0.2, 0.25) is 11.7 Å². The zero-order chi connectivity index (χ0) is 20.8. The molecular weight excluding hydrogens is 376 g/mol. The highest BCUT2D eigenvalue weighted by Crippen LogP contribution is 2.43. The maximum atomic E-state index is 12.9.